The Morgan fingerprint density at radius 3 is 2.81 bits per heavy atom. The molecular formula is C16H16BrF2NO. The van der Waals surface area contributed by atoms with Gasteiger partial charge in [0.1, 0.15) is 0 Å². The van der Waals surface area contributed by atoms with Gasteiger partial charge >= 0.3 is 0 Å². The van der Waals surface area contributed by atoms with Crippen molar-refractivity contribution in [1.29, 1.82) is 0 Å². The first-order valence-corrected chi connectivity index (χ1v) is 7.83. The third-order valence-electron chi connectivity index (χ3n) is 4.39. The number of hydrogen-bond donors (Lipinski definition) is 0. The molecule has 21 heavy (non-hydrogen) atoms. The maximum absolute atomic E-state index is 13.3. The van der Waals surface area contributed by atoms with E-state index in [0.29, 0.717) is 12.0 Å². The molecule has 1 saturated heterocycles. The van der Waals surface area contributed by atoms with Crippen LogP contribution in [0.3, 0.4) is 0 Å². The van der Waals surface area contributed by atoms with Crippen LogP contribution in [-0.2, 0) is 11.3 Å². The lowest BCUT2D eigenvalue weighted by molar-refractivity contribution is -0.127. The van der Waals surface area contributed by atoms with Gasteiger partial charge in [-0.25, -0.2) is 8.78 Å². The number of amides is 1. The van der Waals surface area contributed by atoms with Gasteiger partial charge in [-0.2, -0.15) is 0 Å². The highest BCUT2D eigenvalue weighted by molar-refractivity contribution is 9.11. The van der Waals surface area contributed by atoms with Crippen LogP contribution in [0.25, 0.3) is 0 Å². The van der Waals surface area contributed by atoms with Gasteiger partial charge in [-0.3, -0.25) is 4.79 Å². The molecule has 0 saturated carbocycles. The fraction of sp³-hybridized carbons (Fsp3) is 0.438. The van der Waals surface area contributed by atoms with E-state index >= 15 is 0 Å². The van der Waals surface area contributed by atoms with Crippen LogP contribution < -0.4 is 0 Å². The molecule has 1 aliphatic carbocycles. The van der Waals surface area contributed by atoms with Gasteiger partial charge in [0, 0.05) is 22.0 Å². The monoisotopic (exact) mass is 355 g/mol. The molecule has 0 spiro atoms. The van der Waals surface area contributed by atoms with Gasteiger partial charge in [-0.05, 0) is 37.0 Å². The van der Waals surface area contributed by atoms with E-state index in [1.807, 2.05) is 0 Å². The van der Waals surface area contributed by atoms with Crippen molar-refractivity contribution in [3.8, 4) is 0 Å². The Balaban J connectivity index is 1.94. The van der Waals surface area contributed by atoms with Crippen LogP contribution in [0.2, 0.25) is 0 Å². The van der Waals surface area contributed by atoms with Crippen LogP contribution >= 0.6 is 15.9 Å². The summed E-state index contributed by atoms with van der Waals surface area (Å²) in [7, 11) is 0. The van der Waals surface area contributed by atoms with Gasteiger partial charge in [0.2, 0.25) is 5.91 Å². The van der Waals surface area contributed by atoms with Crippen molar-refractivity contribution in [2.24, 2.45) is 5.41 Å². The van der Waals surface area contributed by atoms with E-state index in [1.165, 1.54) is 6.07 Å². The maximum atomic E-state index is 13.3. The maximum Gasteiger partial charge on any atom is 0.228 e. The van der Waals surface area contributed by atoms with E-state index in [1.54, 1.807) is 4.90 Å². The first-order valence-electron chi connectivity index (χ1n) is 7.04. The van der Waals surface area contributed by atoms with Crippen molar-refractivity contribution in [2.75, 3.05) is 0 Å². The second-order valence-electron chi connectivity index (χ2n) is 6.07. The number of fused-ring (bicyclic) bond motifs is 1. The third-order valence-corrected chi connectivity index (χ3v) is 5.16. The van der Waals surface area contributed by atoms with E-state index in [0.717, 1.165) is 41.6 Å². The van der Waals surface area contributed by atoms with E-state index in [4.69, 9.17) is 0 Å². The van der Waals surface area contributed by atoms with Crippen molar-refractivity contribution >= 4 is 21.8 Å². The van der Waals surface area contributed by atoms with Gasteiger partial charge in [0.05, 0.1) is 6.54 Å². The summed E-state index contributed by atoms with van der Waals surface area (Å²) in [6.45, 7) is 2.39. The van der Waals surface area contributed by atoms with Crippen LogP contribution in [0.15, 0.2) is 28.4 Å². The van der Waals surface area contributed by atoms with Crippen molar-refractivity contribution in [3.63, 3.8) is 0 Å². The Morgan fingerprint density at radius 2 is 2.10 bits per heavy atom. The Kier molecular flexibility index (Phi) is 3.64. The minimum atomic E-state index is -0.876. The Hall–Kier alpha value is -1.23. The highest BCUT2D eigenvalue weighted by Gasteiger charge is 2.46. The molecule has 5 heteroatoms. The zero-order valence-corrected chi connectivity index (χ0v) is 13.3. The minimum absolute atomic E-state index is 0.0519. The average Bonchev–Trinajstić information content (AvgIpc) is 2.66. The zero-order chi connectivity index (χ0) is 15.2. The van der Waals surface area contributed by atoms with Gasteiger partial charge in [0.15, 0.2) is 11.6 Å². The second kappa shape index (κ2) is 5.20. The van der Waals surface area contributed by atoms with Gasteiger partial charge in [-0.1, -0.05) is 28.9 Å². The highest BCUT2D eigenvalue weighted by Crippen LogP contribution is 2.51. The first kappa shape index (κ1) is 14.7. The number of hydrogen-bond acceptors (Lipinski definition) is 1. The lowest BCUT2D eigenvalue weighted by atomic mass is 9.77. The summed E-state index contributed by atoms with van der Waals surface area (Å²) >= 11 is 3.59. The summed E-state index contributed by atoms with van der Waals surface area (Å²) in [6, 6.07) is 3.79. The molecule has 112 valence electrons. The van der Waals surface area contributed by atoms with Crippen LogP contribution in [-0.4, -0.2) is 10.8 Å². The SMILES string of the molecule is CC12CCCC(Br)=C1N(Cc1ccc(F)c(F)c1)C(=O)C2. The number of halogens is 3. The number of allylic oxidation sites excluding steroid dienone is 2. The normalized spacial score (nSPS) is 25.5. The number of carbonyl (C=O) groups excluding carboxylic acids is 1. The van der Waals surface area contributed by atoms with Crippen LogP contribution in [0, 0.1) is 17.0 Å². The van der Waals surface area contributed by atoms with Crippen LogP contribution in [0.4, 0.5) is 8.78 Å². The molecule has 1 unspecified atom stereocenters. The molecule has 1 amide bonds. The van der Waals surface area contributed by atoms with Crippen molar-refractivity contribution < 1.29 is 13.6 Å². The minimum Gasteiger partial charge on any atom is -0.310 e. The summed E-state index contributed by atoms with van der Waals surface area (Å²) < 4.78 is 27.4. The van der Waals surface area contributed by atoms with Crippen LogP contribution in [0.5, 0.6) is 0 Å². The number of rotatable bonds is 2. The fourth-order valence-electron chi connectivity index (χ4n) is 3.38. The van der Waals surface area contributed by atoms with Gasteiger partial charge in [0.25, 0.3) is 0 Å². The summed E-state index contributed by atoms with van der Waals surface area (Å²) in [5, 5.41) is 0. The number of nitrogens with zero attached hydrogens (tertiary/aromatic N) is 1. The molecule has 2 aliphatic rings. The van der Waals surface area contributed by atoms with Gasteiger partial charge < -0.3 is 4.90 Å². The summed E-state index contributed by atoms with van der Waals surface area (Å²) in [5.74, 6) is -1.69. The van der Waals surface area contributed by atoms with E-state index in [9.17, 15) is 13.6 Å². The zero-order valence-electron chi connectivity index (χ0n) is 11.8. The molecule has 0 N–H and O–H groups in total. The van der Waals surface area contributed by atoms with Crippen molar-refractivity contribution in [2.45, 2.75) is 39.2 Å². The lowest BCUT2D eigenvalue weighted by Crippen LogP contribution is -2.27. The van der Waals surface area contributed by atoms with E-state index in [2.05, 4.69) is 22.9 Å². The Bertz CT molecular complexity index is 643. The molecular weight excluding hydrogens is 340 g/mol. The number of carbonyl (C=O) groups is 1. The lowest BCUT2D eigenvalue weighted by Gasteiger charge is -2.33. The molecule has 3 rings (SSSR count). The van der Waals surface area contributed by atoms with Gasteiger partial charge in [-0.15, -0.1) is 0 Å². The molecule has 0 bridgehead atoms. The molecule has 1 aliphatic heterocycles. The predicted octanol–water partition coefficient (Wildman–Crippen LogP) is 4.49. The molecule has 1 atom stereocenters. The molecule has 1 aromatic carbocycles. The van der Waals surface area contributed by atoms with E-state index < -0.39 is 11.6 Å². The quantitative estimate of drug-likeness (QED) is 0.765. The largest absolute Gasteiger partial charge is 0.310 e. The molecule has 2 nitrogen and oxygen atoms in total. The van der Waals surface area contributed by atoms with Crippen molar-refractivity contribution in [3.05, 3.63) is 45.6 Å². The molecule has 1 heterocycles. The first-order chi connectivity index (χ1) is 9.90. The standard InChI is InChI=1S/C16H16BrF2NO/c1-16-6-2-3-11(17)15(16)20(14(21)8-16)9-10-4-5-12(18)13(19)7-10/h4-5,7H,2-3,6,8-9H2,1H3. The highest BCUT2D eigenvalue weighted by atomic mass is 79.9. The topological polar surface area (TPSA) is 20.3 Å². The number of benzene rings is 1. The summed E-state index contributed by atoms with van der Waals surface area (Å²) in [6.07, 6.45) is 3.46. The number of likely N-dealkylation sites (tertiary alicyclic amines) is 1. The third kappa shape index (κ3) is 2.52. The van der Waals surface area contributed by atoms with Crippen molar-refractivity contribution in [1.82, 2.24) is 4.90 Å². The summed E-state index contributed by atoms with van der Waals surface area (Å²) in [5.41, 5.74) is 1.49. The van der Waals surface area contributed by atoms with Crippen LogP contribution in [0.1, 0.15) is 38.2 Å². The molecule has 0 radical (unpaired) electrons. The smallest absolute Gasteiger partial charge is 0.228 e. The second-order valence-corrected chi connectivity index (χ2v) is 7.03. The fourth-order valence-corrected chi connectivity index (χ4v) is 4.36. The Morgan fingerprint density at radius 1 is 1.33 bits per heavy atom. The predicted molar refractivity (Wildman–Crippen MR) is 79.4 cm³/mol. The molecule has 1 aromatic rings. The molecule has 0 aromatic heterocycles. The average molecular weight is 356 g/mol. The Labute approximate surface area is 130 Å². The summed E-state index contributed by atoms with van der Waals surface area (Å²) in [4.78, 5) is 14.1. The van der Waals surface area contributed by atoms with E-state index in [-0.39, 0.29) is 17.9 Å². The molecule has 1 fully saturated rings.